The monoisotopic (exact) mass is 368 g/mol. The van der Waals surface area contributed by atoms with Gasteiger partial charge in [0.15, 0.2) is 5.78 Å². The molecule has 0 unspecified atom stereocenters. The molecule has 4 heteroatoms. The number of ketones is 1. The number of halogens is 2. The fraction of sp³-hybridized carbons (Fsp3) is 0. The Bertz CT molecular complexity index is 910. The van der Waals surface area contributed by atoms with E-state index in [-0.39, 0.29) is 11.5 Å². The average Bonchev–Trinajstić information content (AvgIpc) is 2.62. The van der Waals surface area contributed by atoms with Crippen molar-refractivity contribution in [2.75, 3.05) is 0 Å². The van der Waals surface area contributed by atoms with Gasteiger partial charge in [-0.2, -0.15) is 0 Å². The topological polar surface area (TPSA) is 37.3 Å². The number of carbonyl (C=O) groups excluding carboxylic acids is 1. The van der Waals surface area contributed by atoms with Gasteiger partial charge in [-0.25, -0.2) is 0 Å². The second-order valence-electron chi connectivity index (χ2n) is 5.49. The molecule has 0 saturated heterocycles. The van der Waals surface area contributed by atoms with Crippen LogP contribution in [0.2, 0.25) is 10.0 Å². The fourth-order valence-electron chi connectivity index (χ4n) is 2.40. The van der Waals surface area contributed by atoms with Crippen LogP contribution in [0.3, 0.4) is 0 Å². The molecule has 0 radical (unpaired) electrons. The van der Waals surface area contributed by atoms with Crippen LogP contribution in [-0.2, 0) is 0 Å². The van der Waals surface area contributed by atoms with Crippen LogP contribution in [0.25, 0.3) is 11.6 Å². The Hall–Kier alpha value is -2.55. The zero-order chi connectivity index (χ0) is 17.8. The Morgan fingerprint density at radius 3 is 1.76 bits per heavy atom. The molecule has 0 aliphatic rings. The van der Waals surface area contributed by atoms with E-state index in [9.17, 15) is 9.90 Å². The van der Waals surface area contributed by atoms with Crippen molar-refractivity contribution in [3.8, 4) is 5.75 Å². The Morgan fingerprint density at radius 1 is 0.720 bits per heavy atom. The van der Waals surface area contributed by atoms with Gasteiger partial charge in [0, 0.05) is 21.2 Å². The molecule has 0 aliphatic carbocycles. The summed E-state index contributed by atoms with van der Waals surface area (Å²) in [5.41, 5.74) is 2.65. The molecule has 124 valence electrons. The second-order valence-corrected chi connectivity index (χ2v) is 6.37. The molecule has 3 rings (SSSR count). The predicted molar refractivity (Wildman–Crippen MR) is 103 cm³/mol. The molecule has 0 bridgehead atoms. The lowest BCUT2D eigenvalue weighted by atomic mass is 9.94. The van der Waals surface area contributed by atoms with Gasteiger partial charge >= 0.3 is 0 Å². The lowest BCUT2D eigenvalue weighted by molar-refractivity contribution is 0.105. The summed E-state index contributed by atoms with van der Waals surface area (Å²) in [4.78, 5) is 13.0. The van der Waals surface area contributed by atoms with Crippen molar-refractivity contribution < 1.29 is 9.90 Å². The van der Waals surface area contributed by atoms with Crippen molar-refractivity contribution >= 4 is 40.6 Å². The van der Waals surface area contributed by atoms with Crippen LogP contribution in [-0.4, -0.2) is 10.9 Å². The molecule has 3 aromatic rings. The van der Waals surface area contributed by atoms with Crippen molar-refractivity contribution in [3.63, 3.8) is 0 Å². The third-order valence-corrected chi connectivity index (χ3v) is 4.21. The number of rotatable bonds is 4. The zero-order valence-corrected chi connectivity index (χ0v) is 14.6. The largest absolute Gasteiger partial charge is 0.508 e. The smallest absolute Gasteiger partial charge is 0.193 e. The molecule has 0 spiro atoms. The van der Waals surface area contributed by atoms with Gasteiger partial charge < -0.3 is 5.11 Å². The molecule has 0 saturated carbocycles. The van der Waals surface area contributed by atoms with Gasteiger partial charge in [-0.1, -0.05) is 47.5 Å². The van der Waals surface area contributed by atoms with Crippen LogP contribution in [0.4, 0.5) is 0 Å². The van der Waals surface area contributed by atoms with Crippen LogP contribution in [0.5, 0.6) is 5.75 Å². The van der Waals surface area contributed by atoms with E-state index in [0.717, 1.165) is 11.1 Å². The summed E-state index contributed by atoms with van der Waals surface area (Å²) in [5.74, 6) is -0.0245. The number of allylic oxidation sites excluding steroid dienone is 1. The first-order chi connectivity index (χ1) is 12.0. The maximum absolute atomic E-state index is 13.0. The van der Waals surface area contributed by atoms with Crippen LogP contribution in [0, 0.1) is 0 Å². The maximum Gasteiger partial charge on any atom is 0.193 e. The number of Topliss-reactive ketones (excluding diaryl/α,β-unsaturated/α-hetero) is 1. The molecule has 0 aliphatic heterocycles. The first-order valence-corrected chi connectivity index (χ1v) is 8.35. The SMILES string of the molecule is O=C(C(=Cc1ccc(Cl)cc1)c1ccc(Cl)cc1)c1ccc(O)cc1. The summed E-state index contributed by atoms with van der Waals surface area (Å²) in [6.45, 7) is 0. The lowest BCUT2D eigenvalue weighted by Gasteiger charge is -2.09. The summed E-state index contributed by atoms with van der Waals surface area (Å²) >= 11 is 11.9. The summed E-state index contributed by atoms with van der Waals surface area (Å²) in [7, 11) is 0. The zero-order valence-electron chi connectivity index (χ0n) is 13.1. The molecule has 3 aromatic carbocycles. The van der Waals surface area contributed by atoms with Crippen molar-refractivity contribution in [2.24, 2.45) is 0 Å². The van der Waals surface area contributed by atoms with E-state index in [0.29, 0.717) is 21.2 Å². The number of hydrogen-bond donors (Lipinski definition) is 1. The Balaban J connectivity index is 2.07. The van der Waals surface area contributed by atoms with E-state index < -0.39 is 0 Å². The summed E-state index contributed by atoms with van der Waals surface area (Å²) < 4.78 is 0. The molecule has 0 amide bonds. The van der Waals surface area contributed by atoms with Gasteiger partial charge in [-0.05, 0) is 65.7 Å². The summed E-state index contributed by atoms with van der Waals surface area (Å²) in [6.07, 6.45) is 1.81. The van der Waals surface area contributed by atoms with Gasteiger partial charge in [0.1, 0.15) is 5.75 Å². The highest BCUT2D eigenvalue weighted by atomic mass is 35.5. The minimum Gasteiger partial charge on any atom is -0.508 e. The second kappa shape index (κ2) is 7.56. The number of carbonyl (C=O) groups is 1. The van der Waals surface area contributed by atoms with Crippen molar-refractivity contribution in [2.45, 2.75) is 0 Å². The predicted octanol–water partition coefficient (Wildman–Crippen LogP) is 6.12. The molecular weight excluding hydrogens is 355 g/mol. The minimum absolute atomic E-state index is 0.117. The van der Waals surface area contributed by atoms with Crippen molar-refractivity contribution in [3.05, 3.63) is 99.5 Å². The van der Waals surface area contributed by atoms with E-state index >= 15 is 0 Å². The van der Waals surface area contributed by atoms with E-state index in [1.54, 1.807) is 36.4 Å². The first kappa shape index (κ1) is 17.3. The van der Waals surface area contributed by atoms with E-state index in [4.69, 9.17) is 23.2 Å². The molecule has 0 aromatic heterocycles. The Kier molecular flexibility index (Phi) is 5.22. The van der Waals surface area contributed by atoms with Crippen LogP contribution < -0.4 is 0 Å². The molecule has 0 fully saturated rings. The van der Waals surface area contributed by atoms with Crippen LogP contribution >= 0.6 is 23.2 Å². The average molecular weight is 369 g/mol. The fourth-order valence-corrected chi connectivity index (χ4v) is 2.66. The molecule has 0 heterocycles. The van der Waals surface area contributed by atoms with Crippen molar-refractivity contribution in [1.29, 1.82) is 0 Å². The van der Waals surface area contributed by atoms with Gasteiger partial charge in [-0.3, -0.25) is 4.79 Å². The van der Waals surface area contributed by atoms with Gasteiger partial charge in [0.05, 0.1) is 0 Å². The number of hydrogen-bond acceptors (Lipinski definition) is 2. The Labute approximate surface area is 156 Å². The van der Waals surface area contributed by atoms with E-state index in [1.807, 2.05) is 30.3 Å². The number of aromatic hydroxyl groups is 1. The minimum atomic E-state index is -0.141. The molecule has 1 N–H and O–H groups in total. The van der Waals surface area contributed by atoms with E-state index in [2.05, 4.69) is 0 Å². The highest BCUT2D eigenvalue weighted by Gasteiger charge is 2.15. The maximum atomic E-state index is 13.0. The number of phenols is 1. The number of benzene rings is 3. The standard InChI is InChI=1S/C21H14Cl2O2/c22-17-7-1-14(2-8-17)13-20(15-3-9-18(23)10-4-15)21(25)16-5-11-19(24)12-6-16/h1-13,24H. The third-order valence-electron chi connectivity index (χ3n) is 3.71. The van der Waals surface area contributed by atoms with Gasteiger partial charge in [-0.15, -0.1) is 0 Å². The lowest BCUT2D eigenvalue weighted by Crippen LogP contribution is -2.02. The van der Waals surface area contributed by atoms with Gasteiger partial charge in [0.25, 0.3) is 0 Å². The van der Waals surface area contributed by atoms with Gasteiger partial charge in [0.2, 0.25) is 0 Å². The van der Waals surface area contributed by atoms with Crippen LogP contribution in [0.15, 0.2) is 72.8 Å². The molecule has 0 atom stereocenters. The third kappa shape index (κ3) is 4.30. The highest BCUT2D eigenvalue weighted by molar-refractivity contribution is 6.33. The molecule has 2 nitrogen and oxygen atoms in total. The normalized spacial score (nSPS) is 11.4. The number of phenolic OH excluding ortho intramolecular Hbond substituents is 1. The summed E-state index contributed by atoms with van der Waals surface area (Å²) in [5, 5.41) is 10.7. The summed E-state index contributed by atoms with van der Waals surface area (Å²) in [6, 6.07) is 20.6. The highest BCUT2D eigenvalue weighted by Crippen LogP contribution is 2.25. The molecular formula is C21H14Cl2O2. The van der Waals surface area contributed by atoms with E-state index in [1.165, 1.54) is 12.1 Å². The Morgan fingerprint density at radius 2 is 1.20 bits per heavy atom. The quantitative estimate of drug-likeness (QED) is 0.342. The van der Waals surface area contributed by atoms with Crippen molar-refractivity contribution in [1.82, 2.24) is 0 Å². The molecule has 25 heavy (non-hydrogen) atoms. The first-order valence-electron chi connectivity index (χ1n) is 7.60. The van der Waals surface area contributed by atoms with Crippen LogP contribution in [0.1, 0.15) is 21.5 Å².